The number of carbonyl (C=O) groups is 1. The third-order valence-electron chi connectivity index (χ3n) is 5.32. The summed E-state index contributed by atoms with van der Waals surface area (Å²) in [4.78, 5) is 12.7. The highest BCUT2D eigenvalue weighted by Gasteiger charge is 2.34. The number of nitrogens with zero attached hydrogens (tertiary/aromatic N) is 1. The highest BCUT2D eigenvalue weighted by atomic mass is 32.2. The van der Waals surface area contributed by atoms with Crippen molar-refractivity contribution in [3.63, 3.8) is 0 Å². The van der Waals surface area contributed by atoms with Crippen LogP contribution in [0.3, 0.4) is 0 Å². The van der Waals surface area contributed by atoms with Crippen molar-refractivity contribution in [3.8, 4) is 0 Å². The molecule has 1 saturated heterocycles. The van der Waals surface area contributed by atoms with Gasteiger partial charge >= 0.3 is 0 Å². The zero-order valence-electron chi connectivity index (χ0n) is 16.0. The second-order valence-corrected chi connectivity index (χ2v) is 9.24. The van der Waals surface area contributed by atoms with Gasteiger partial charge in [0.2, 0.25) is 15.9 Å². The molecule has 1 atom stereocenters. The number of anilines is 1. The maximum absolute atomic E-state index is 13.8. The number of carbonyl (C=O) groups excluding carboxylic acids is 1. The van der Waals surface area contributed by atoms with Crippen LogP contribution in [0.5, 0.6) is 0 Å². The number of sulfonamides is 1. The fourth-order valence-electron chi connectivity index (χ4n) is 3.69. The second-order valence-electron chi connectivity index (χ2n) is 7.30. The van der Waals surface area contributed by atoms with E-state index in [1.807, 2.05) is 24.3 Å². The van der Waals surface area contributed by atoms with Gasteiger partial charge < -0.3 is 5.32 Å². The molecule has 5 nitrogen and oxygen atoms in total. The van der Waals surface area contributed by atoms with E-state index in [4.69, 9.17) is 0 Å². The highest BCUT2D eigenvalue weighted by molar-refractivity contribution is 7.89. The molecule has 1 fully saturated rings. The average molecular weight is 430 g/mol. The molecular weight excluding hydrogens is 410 g/mol. The van der Waals surface area contributed by atoms with E-state index in [1.54, 1.807) is 18.2 Å². The molecule has 156 valence electrons. The predicted octanol–water partition coefficient (Wildman–Crippen LogP) is 4.16. The Labute approximate surface area is 173 Å². The summed E-state index contributed by atoms with van der Waals surface area (Å²) >= 11 is 0. The molecule has 1 amide bonds. The van der Waals surface area contributed by atoms with Crippen LogP contribution in [0.25, 0.3) is 10.8 Å². The number of nitrogens with one attached hydrogen (secondary N) is 1. The largest absolute Gasteiger partial charge is 0.321 e. The van der Waals surface area contributed by atoms with Crippen LogP contribution in [-0.4, -0.2) is 31.7 Å². The molecule has 0 spiro atoms. The summed E-state index contributed by atoms with van der Waals surface area (Å²) in [5.41, 5.74) is -0.517. The van der Waals surface area contributed by atoms with E-state index in [0.29, 0.717) is 12.8 Å². The summed E-state index contributed by atoms with van der Waals surface area (Å²) in [6.45, 7) is 0.240. The van der Waals surface area contributed by atoms with Gasteiger partial charge in [-0.1, -0.05) is 36.4 Å². The minimum Gasteiger partial charge on any atom is -0.321 e. The van der Waals surface area contributed by atoms with Gasteiger partial charge in [-0.15, -0.1) is 0 Å². The number of halogens is 2. The standard InChI is InChI=1S/C22H20F2N2O3S/c23-19-8-3-9-20(24)21(19)25-22(27)17-7-4-12-26(14-17)30(28,29)18-11-10-15-5-1-2-6-16(15)13-18/h1-3,5-6,8-11,13,17H,4,7,12,14H2,(H,25,27)/t17-/m1/s1. The molecule has 3 aromatic carbocycles. The molecule has 1 aliphatic rings. The molecule has 30 heavy (non-hydrogen) atoms. The number of piperidine rings is 1. The molecular formula is C22H20F2N2O3S. The topological polar surface area (TPSA) is 66.5 Å². The van der Waals surface area contributed by atoms with E-state index < -0.39 is 39.2 Å². The Morgan fingerprint density at radius 1 is 0.967 bits per heavy atom. The van der Waals surface area contributed by atoms with Crippen molar-refractivity contribution < 1.29 is 22.0 Å². The zero-order chi connectivity index (χ0) is 21.3. The van der Waals surface area contributed by atoms with Gasteiger partial charge in [0.05, 0.1) is 10.8 Å². The summed E-state index contributed by atoms with van der Waals surface area (Å²) in [6.07, 6.45) is 0.913. The Hall–Kier alpha value is -2.84. The van der Waals surface area contributed by atoms with Gasteiger partial charge in [-0.05, 0) is 47.9 Å². The van der Waals surface area contributed by atoms with E-state index in [2.05, 4.69) is 5.32 Å². The van der Waals surface area contributed by atoms with Gasteiger partial charge in [0.1, 0.15) is 17.3 Å². The quantitative estimate of drug-likeness (QED) is 0.676. The molecule has 0 radical (unpaired) electrons. The molecule has 0 aliphatic carbocycles. The number of hydrogen-bond donors (Lipinski definition) is 1. The van der Waals surface area contributed by atoms with Gasteiger partial charge in [-0.3, -0.25) is 4.79 Å². The van der Waals surface area contributed by atoms with Gasteiger partial charge in [0, 0.05) is 13.1 Å². The Morgan fingerprint density at radius 2 is 1.67 bits per heavy atom. The van der Waals surface area contributed by atoms with Crippen molar-refractivity contribution in [1.29, 1.82) is 0 Å². The average Bonchev–Trinajstić information content (AvgIpc) is 2.76. The molecule has 0 unspecified atom stereocenters. The molecule has 1 aliphatic heterocycles. The van der Waals surface area contributed by atoms with Gasteiger partial charge in [-0.2, -0.15) is 4.31 Å². The Balaban J connectivity index is 1.54. The number of benzene rings is 3. The lowest BCUT2D eigenvalue weighted by molar-refractivity contribution is -0.120. The molecule has 1 N–H and O–H groups in total. The fraction of sp³-hybridized carbons (Fsp3) is 0.227. The maximum Gasteiger partial charge on any atom is 0.243 e. The van der Waals surface area contributed by atoms with E-state index in [0.717, 1.165) is 22.9 Å². The number of rotatable bonds is 4. The number of hydrogen-bond acceptors (Lipinski definition) is 3. The normalized spacial score (nSPS) is 17.7. The van der Waals surface area contributed by atoms with Gasteiger partial charge in [0.25, 0.3) is 0 Å². The minimum atomic E-state index is -3.80. The van der Waals surface area contributed by atoms with E-state index >= 15 is 0 Å². The van der Waals surface area contributed by atoms with Crippen LogP contribution in [0, 0.1) is 17.6 Å². The first-order chi connectivity index (χ1) is 14.4. The molecule has 0 saturated carbocycles. The molecule has 3 aromatic rings. The van der Waals surface area contributed by atoms with E-state index in [9.17, 15) is 22.0 Å². The minimum absolute atomic E-state index is 0.0446. The number of para-hydroxylation sites is 1. The lowest BCUT2D eigenvalue weighted by Gasteiger charge is -2.31. The van der Waals surface area contributed by atoms with Gasteiger partial charge in [-0.25, -0.2) is 17.2 Å². The first-order valence-electron chi connectivity index (χ1n) is 9.60. The summed E-state index contributed by atoms with van der Waals surface area (Å²) in [6, 6.07) is 15.7. The van der Waals surface area contributed by atoms with Crippen LogP contribution in [0.4, 0.5) is 14.5 Å². The maximum atomic E-state index is 13.8. The zero-order valence-corrected chi connectivity index (χ0v) is 16.8. The van der Waals surface area contributed by atoms with Crippen molar-refractivity contribution in [2.45, 2.75) is 17.7 Å². The first-order valence-corrected chi connectivity index (χ1v) is 11.0. The Bertz CT molecular complexity index is 1190. The van der Waals surface area contributed by atoms with Crippen molar-refractivity contribution in [2.75, 3.05) is 18.4 Å². The Kier molecular flexibility index (Phi) is 5.53. The van der Waals surface area contributed by atoms with Crippen molar-refractivity contribution in [1.82, 2.24) is 4.31 Å². The fourth-order valence-corrected chi connectivity index (χ4v) is 5.25. The van der Waals surface area contributed by atoms with Crippen LogP contribution in [-0.2, 0) is 14.8 Å². The van der Waals surface area contributed by atoms with Crippen LogP contribution in [0.15, 0.2) is 65.6 Å². The van der Waals surface area contributed by atoms with Gasteiger partial charge in [0.15, 0.2) is 0 Å². The summed E-state index contributed by atoms with van der Waals surface area (Å²) in [7, 11) is -3.80. The summed E-state index contributed by atoms with van der Waals surface area (Å²) < 4.78 is 55.2. The monoisotopic (exact) mass is 430 g/mol. The molecule has 4 rings (SSSR count). The third kappa shape index (κ3) is 3.93. The molecule has 0 aromatic heterocycles. The third-order valence-corrected chi connectivity index (χ3v) is 7.19. The SMILES string of the molecule is O=C(Nc1c(F)cccc1F)[C@@H]1CCCN(S(=O)(=O)c2ccc3ccccc3c2)C1. The number of fused-ring (bicyclic) bond motifs is 1. The van der Waals surface area contributed by atoms with Crippen LogP contribution in [0.2, 0.25) is 0 Å². The molecule has 0 bridgehead atoms. The molecule has 1 heterocycles. The second kappa shape index (κ2) is 8.12. The highest BCUT2D eigenvalue weighted by Crippen LogP contribution is 2.27. The van der Waals surface area contributed by atoms with E-state index in [1.165, 1.54) is 10.4 Å². The van der Waals surface area contributed by atoms with Crippen LogP contribution < -0.4 is 5.32 Å². The predicted molar refractivity (Wildman–Crippen MR) is 110 cm³/mol. The van der Waals surface area contributed by atoms with Crippen LogP contribution in [0.1, 0.15) is 12.8 Å². The van der Waals surface area contributed by atoms with Crippen LogP contribution >= 0.6 is 0 Å². The lowest BCUT2D eigenvalue weighted by atomic mass is 9.98. The van der Waals surface area contributed by atoms with E-state index in [-0.39, 0.29) is 18.0 Å². The van der Waals surface area contributed by atoms with Crippen molar-refractivity contribution >= 4 is 32.4 Å². The number of amides is 1. The summed E-state index contributed by atoms with van der Waals surface area (Å²) in [5, 5.41) is 4.01. The Morgan fingerprint density at radius 3 is 2.40 bits per heavy atom. The lowest BCUT2D eigenvalue weighted by Crippen LogP contribution is -2.43. The first kappa shape index (κ1) is 20.4. The molecule has 8 heteroatoms. The smallest absolute Gasteiger partial charge is 0.243 e. The summed E-state index contributed by atoms with van der Waals surface area (Å²) in [5.74, 6) is -3.05. The van der Waals surface area contributed by atoms with Crippen molar-refractivity contribution in [3.05, 3.63) is 72.3 Å². The van der Waals surface area contributed by atoms with Crippen molar-refractivity contribution in [2.24, 2.45) is 5.92 Å².